The van der Waals surface area contributed by atoms with Crippen molar-refractivity contribution in [3.05, 3.63) is 71.3 Å². The number of carbonyl (C=O) groups is 1. The zero-order valence-electron chi connectivity index (χ0n) is 20.2. The predicted molar refractivity (Wildman–Crippen MR) is 131 cm³/mol. The number of carbonyl (C=O) groups excluding carboxylic acids is 1. The number of rotatable bonds is 4. The third kappa shape index (κ3) is 3.75. The highest BCUT2D eigenvalue weighted by Gasteiger charge is 2.35. The van der Waals surface area contributed by atoms with E-state index in [1.54, 1.807) is 28.8 Å². The molecule has 0 spiro atoms. The number of ether oxygens (including phenoxy) is 2. The van der Waals surface area contributed by atoms with E-state index < -0.39 is 12.7 Å². The standard InChI is InChI=1S/C27H24F2N4O4/c1-3-19-25-31-18-8-7-14(15-9-16-12-36-13-21(34)23(16)30-11-15)10-20(18)33(25)24-17(26(35)32(19)2)5-4-6-22(24)37-27(28)29/h4-11,19,21,27,34H,3,12-13H2,1-2H3. The monoisotopic (exact) mass is 506 g/mol. The van der Waals surface area contributed by atoms with Crippen LogP contribution in [-0.4, -0.2) is 50.7 Å². The number of aliphatic hydroxyl groups is 1. The van der Waals surface area contributed by atoms with Crippen LogP contribution >= 0.6 is 0 Å². The molecule has 1 N–H and O–H groups in total. The number of amides is 1. The number of para-hydroxylation sites is 1. The molecule has 2 aliphatic rings. The van der Waals surface area contributed by atoms with E-state index in [-0.39, 0.29) is 35.6 Å². The normalized spacial score (nSPS) is 19.0. The fraction of sp³-hybridized carbons (Fsp3) is 0.296. The van der Waals surface area contributed by atoms with Gasteiger partial charge in [0.2, 0.25) is 0 Å². The van der Waals surface area contributed by atoms with Crippen LogP contribution < -0.4 is 4.74 Å². The summed E-state index contributed by atoms with van der Waals surface area (Å²) in [5.41, 5.74) is 4.83. The van der Waals surface area contributed by atoms with Gasteiger partial charge in [0.25, 0.3) is 5.91 Å². The maximum Gasteiger partial charge on any atom is 0.387 e. The molecule has 0 saturated heterocycles. The average molecular weight is 507 g/mol. The topological polar surface area (TPSA) is 89.7 Å². The number of halogens is 2. The van der Waals surface area contributed by atoms with Crippen LogP contribution in [0.25, 0.3) is 27.8 Å². The molecular weight excluding hydrogens is 482 g/mol. The number of fused-ring (bicyclic) bond motifs is 6. The van der Waals surface area contributed by atoms with Crippen LogP contribution in [0.4, 0.5) is 8.78 Å². The first-order chi connectivity index (χ1) is 17.9. The Hall–Kier alpha value is -3.89. The lowest BCUT2D eigenvalue weighted by Crippen LogP contribution is -2.30. The fourth-order valence-corrected chi connectivity index (χ4v) is 5.26. The maximum absolute atomic E-state index is 13.4. The van der Waals surface area contributed by atoms with Crippen LogP contribution in [0.3, 0.4) is 0 Å². The van der Waals surface area contributed by atoms with E-state index in [0.29, 0.717) is 35.6 Å². The lowest BCUT2D eigenvalue weighted by atomic mass is 10.0. The van der Waals surface area contributed by atoms with Gasteiger partial charge >= 0.3 is 6.61 Å². The molecule has 1 amide bonds. The van der Waals surface area contributed by atoms with Gasteiger partial charge in [0.05, 0.1) is 41.5 Å². The van der Waals surface area contributed by atoms with Crippen LogP contribution in [0.1, 0.15) is 52.9 Å². The molecule has 0 saturated carbocycles. The van der Waals surface area contributed by atoms with Crippen molar-refractivity contribution in [3.8, 4) is 22.6 Å². The first-order valence-electron chi connectivity index (χ1n) is 12.0. The molecule has 190 valence electrons. The Morgan fingerprint density at radius 2 is 2.05 bits per heavy atom. The second-order valence-corrected chi connectivity index (χ2v) is 9.18. The summed E-state index contributed by atoms with van der Waals surface area (Å²) in [6.45, 7) is -0.545. The van der Waals surface area contributed by atoms with Crippen LogP contribution in [0.15, 0.2) is 48.7 Å². The van der Waals surface area contributed by atoms with Gasteiger partial charge in [-0.3, -0.25) is 14.3 Å². The minimum atomic E-state index is -3.06. The van der Waals surface area contributed by atoms with Crippen molar-refractivity contribution in [3.63, 3.8) is 0 Å². The fourth-order valence-electron chi connectivity index (χ4n) is 5.26. The highest BCUT2D eigenvalue weighted by atomic mass is 19.3. The molecule has 37 heavy (non-hydrogen) atoms. The lowest BCUT2D eigenvalue weighted by molar-refractivity contribution is -0.0498. The van der Waals surface area contributed by atoms with Gasteiger partial charge in [-0.15, -0.1) is 0 Å². The molecule has 4 aromatic rings. The number of aliphatic hydroxyl groups excluding tert-OH is 1. The van der Waals surface area contributed by atoms with E-state index in [0.717, 1.165) is 16.7 Å². The van der Waals surface area contributed by atoms with Crippen molar-refractivity contribution < 1.29 is 28.2 Å². The van der Waals surface area contributed by atoms with Gasteiger partial charge in [0, 0.05) is 24.4 Å². The van der Waals surface area contributed by atoms with E-state index in [1.807, 2.05) is 31.2 Å². The Kier molecular flexibility index (Phi) is 5.65. The molecule has 2 unspecified atom stereocenters. The van der Waals surface area contributed by atoms with Crippen molar-refractivity contribution in [1.82, 2.24) is 19.4 Å². The summed E-state index contributed by atoms with van der Waals surface area (Å²) >= 11 is 0. The van der Waals surface area contributed by atoms with Crippen molar-refractivity contribution in [1.29, 1.82) is 0 Å². The van der Waals surface area contributed by atoms with Gasteiger partial charge in [-0.25, -0.2) is 4.98 Å². The van der Waals surface area contributed by atoms with Gasteiger partial charge in [0.1, 0.15) is 17.6 Å². The van der Waals surface area contributed by atoms with Crippen molar-refractivity contribution in [2.45, 2.75) is 38.7 Å². The molecule has 0 fully saturated rings. The molecule has 10 heteroatoms. The Bertz CT molecular complexity index is 1540. The lowest BCUT2D eigenvalue weighted by Gasteiger charge is -2.24. The zero-order chi connectivity index (χ0) is 25.8. The molecule has 8 nitrogen and oxygen atoms in total. The molecule has 2 aromatic carbocycles. The van der Waals surface area contributed by atoms with Gasteiger partial charge in [-0.1, -0.05) is 19.1 Å². The van der Waals surface area contributed by atoms with Gasteiger partial charge in [-0.2, -0.15) is 8.78 Å². The highest BCUT2D eigenvalue weighted by Crippen LogP contribution is 2.41. The number of benzene rings is 2. The number of aromatic nitrogens is 3. The number of hydrogen-bond acceptors (Lipinski definition) is 6. The van der Waals surface area contributed by atoms with Gasteiger partial charge < -0.3 is 19.5 Å². The summed E-state index contributed by atoms with van der Waals surface area (Å²) in [4.78, 5) is 24.3. The first-order valence-corrected chi connectivity index (χ1v) is 12.0. The molecule has 2 aromatic heterocycles. The van der Waals surface area contributed by atoms with Crippen LogP contribution in [0, 0.1) is 0 Å². The number of hydrogen-bond donors (Lipinski definition) is 1. The minimum Gasteiger partial charge on any atom is -0.433 e. The molecule has 2 atom stereocenters. The van der Waals surface area contributed by atoms with Crippen LogP contribution in [-0.2, 0) is 11.3 Å². The third-order valence-corrected chi connectivity index (χ3v) is 7.01. The van der Waals surface area contributed by atoms with Crippen LogP contribution in [0.2, 0.25) is 0 Å². The zero-order valence-corrected chi connectivity index (χ0v) is 20.2. The van der Waals surface area contributed by atoms with E-state index in [4.69, 9.17) is 14.5 Å². The summed E-state index contributed by atoms with van der Waals surface area (Å²) in [5.74, 6) is 0.169. The average Bonchev–Trinajstić information content (AvgIpc) is 3.22. The Morgan fingerprint density at radius 3 is 2.84 bits per heavy atom. The van der Waals surface area contributed by atoms with Crippen molar-refractivity contribution >= 4 is 16.9 Å². The van der Waals surface area contributed by atoms with E-state index >= 15 is 0 Å². The summed E-state index contributed by atoms with van der Waals surface area (Å²) in [5, 5.41) is 10.2. The Morgan fingerprint density at radius 1 is 1.22 bits per heavy atom. The maximum atomic E-state index is 13.4. The molecule has 0 aliphatic carbocycles. The van der Waals surface area contributed by atoms with E-state index in [2.05, 4.69) is 4.98 Å². The molecular formula is C27H24F2N4O4. The third-order valence-electron chi connectivity index (χ3n) is 7.01. The van der Waals surface area contributed by atoms with Gasteiger partial charge in [-0.05, 0) is 42.3 Å². The molecule has 0 bridgehead atoms. The number of alkyl halides is 2. The highest BCUT2D eigenvalue weighted by molar-refractivity contribution is 6.01. The second kappa shape index (κ2) is 8.89. The molecule has 0 radical (unpaired) electrons. The molecule has 2 aliphatic heterocycles. The summed E-state index contributed by atoms with van der Waals surface area (Å²) in [7, 11) is 1.69. The summed E-state index contributed by atoms with van der Waals surface area (Å²) in [6, 6.07) is 11.8. The predicted octanol–water partition coefficient (Wildman–Crippen LogP) is 4.79. The number of imidazole rings is 1. The van der Waals surface area contributed by atoms with Gasteiger partial charge in [0.15, 0.2) is 5.75 Å². The molecule has 4 heterocycles. The second-order valence-electron chi connectivity index (χ2n) is 9.18. The minimum absolute atomic E-state index is 0.0986. The van der Waals surface area contributed by atoms with E-state index in [1.165, 1.54) is 12.1 Å². The number of pyridine rings is 1. The largest absolute Gasteiger partial charge is 0.433 e. The number of nitrogens with zero attached hydrogens (tertiary/aromatic N) is 4. The van der Waals surface area contributed by atoms with Crippen molar-refractivity contribution in [2.24, 2.45) is 0 Å². The van der Waals surface area contributed by atoms with E-state index in [9.17, 15) is 18.7 Å². The Labute approximate surface area is 211 Å². The van der Waals surface area contributed by atoms with Crippen LogP contribution in [0.5, 0.6) is 5.75 Å². The quantitative estimate of drug-likeness (QED) is 0.428. The smallest absolute Gasteiger partial charge is 0.387 e. The first kappa shape index (κ1) is 23.5. The summed E-state index contributed by atoms with van der Waals surface area (Å²) in [6.07, 6.45) is 1.50. The summed E-state index contributed by atoms with van der Waals surface area (Å²) < 4.78 is 38.9. The van der Waals surface area contributed by atoms with Crippen molar-refractivity contribution in [2.75, 3.05) is 13.7 Å². The SMILES string of the molecule is CCC1c2nc3ccc(-c4cnc5c(c4)COCC5O)cc3n2-c2c(OC(F)F)cccc2C(=O)N1C. The molecule has 6 rings (SSSR count). The Balaban J connectivity index is 1.60.